The van der Waals surface area contributed by atoms with Gasteiger partial charge in [-0.15, -0.1) is 6.42 Å². The number of hydrogen-bond donors (Lipinski definition) is 0. The van der Waals surface area contributed by atoms with E-state index >= 15 is 0 Å². The van der Waals surface area contributed by atoms with E-state index in [1.807, 2.05) is 24.3 Å². The SMILES string of the molecule is C#CCOC[C@H]1O[C@H]1c1ccc(Cl)cc1. The summed E-state index contributed by atoms with van der Waals surface area (Å²) in [4.78, 5) is 0. The van der Waals surface area contributed by atoms with Crippen molar-refractivity contribution in [3.05, 3.63) is 34.9 Å². The van der Waals surface area contributed by atoms with E-state index in [0.29, 0.717) is 13.2 Å². The summed E-state index contributed by atoms with van der Waals surface area (Å²) in [5, 5.41) is 0.736. The molecule has 0 aromatic heterocycles. The highest BCUT2D eigenvalue weighted by atomic mass is 35.5. The van der Waals surface area contributed by atoms with Crippen molar-refractivity contribution in [2.24, 2.45) is 0 Å². The van der Waals surface area contributed by atoms with Crippen LogP contribution < -0.4 is 0 Å². The van der Waals surface area contributed by atoms with Gasteiger partial charge >= 0.3 is 0 Å². The number of epoxide rings is 1. The molecule has 0 saturated carbocycles. The molecule has 1 heterocycles. The van der Waals surface area contributed by atoms with Gasteiger partial charge in [0.1, 0.15) is 18.8 Å². The van der Waals surface area contributed by atoms with Gasteiger partial charge in [0.25, 0.3) is 0 Å². The zero-order valence-corrected chi connectivity index (χ0v) is 8.91. The van der Waals surface area contributed by atoms with Crippen molar-refractivity contribution < 1.29 is 9.47 Å². The van der Waals surface area contributed by atoms with Crippen LogP contribution in [0.1, 0.15) is 11.7 Å². The molecule has 15 heavy (non-hydrogen) atoms. The molecule has 3 heteroatoms. The highest BCUT2D eigenvalue weighted by Crippen LogP contribution is 2.38. The molecule has 1 fully saturated rings. The summed E-state index contributed by atoms with van der Waals surface area (Å²) in [5.74, 6) is 2.42. The first-order valence-electron chi connectivity index (χ1n) is 4.73. The number of ether oxygens (including phenoxy) is 2. The lowest BCUT2D eigenvalue weighted by Crippen LogP contribution is -2.02. The predicted molar refractivity (Wildman–Crippen MR) is 58.7 cm³/mol. The summed E-state index contributed by atoms with van der Waals surface area (Å²) >= 11 is 5.79. The van der Waals surface area contributed by atoms with Crippen LogP contribution in [-0.2, 0) is 9.47 Å². The Morgan fingerprint density at radius 1 is 1.40 bits per heavy atom. The summed E-state index contributed by atoms with van der Waals surface area (Å²) in [7, 11) is 0. The Balaban J connectivity index is 1.83. The van der Waals surface area contributed by atoms with E-state index in [2.05, 4.69) is 5.92 Å². The molecule has 0 unspecified atom stereocenters. The molecule has 1 aliphatic heterocycles. The lowest BCUT2D eigenvalue weighted by molar-refractivity contribution is 0.145. The average molecular weight is 223 g/mol. The van der Waals surface area contributed by atoms with Crippen LogP contribution in [0.4, 0.5) is 0 Å². The molecule has 0 amide bonds. The van der Waals surface area contributed by atoms with E-state index in [1.165, 1.54) is 0 Å². The molecule has 2 atom stereocenters. The van der Waals surface area contributed by atoms with Crippen LogP contribution >= 0.6 is 11.6 Å². The highest BCUT2D eigenvalue weighted by molar-refractivity contribution is 6.30. The molecule has 0 aliphatic carbocycles. The van der Waals surface area contributed by atoms with Crippen LogP contribution in [0.2, 0.25) is 5.02 Å². The van der Waals surface area contributed by atoms with E-state index in [0.717, 1.165) is 10.6 Å². The Morgan fingerprint density at radius 3 is 2.80 bits per heavy atom. The zero-order valence-electron chi connectivity index (χ0n) is 8.15. The van der Waals surface area contributed by atoms with Crippen molar-refractivity contribution in [1.82, 2.24) is 0 Å². The maximum absolute atomic E-state index is 5.79. The quantitative estimate of drug-likeness (QED) is 0.443. The van der Waals surface area contributed by atoms with Gasteiger partial charge in [-0.25, -0.2) is 0 Å². The molecule has 78 valence electrons. The standard InChI is InChI=1S/C12H11ClO2/c1-2-7-14-8-11-12(15-11)9-3-5-10(13)6-4-9/h1,3-6,11-12H,7-8H2/t11-,12+/m1/s1. The molecule has 0 radical (unpaired) electrons. The molecule has 1 saturated heterocycles. The summed E-state index contributed by atoms with van der Waals surface area (Å²) < 4.78 is 10.6. The first kappa shape index (κ1) is 10.5. The molecule has 2 rings (SSSR count). The zero-order chi connectivity index (χ0) is 10.7. The van der Waals surface area contributed by atoms with Gasteiger partial charge in [0.05, 0.1) is 6.61 Å². The lowest BCUT2D eigenvalue weighted by atomic mass is 10.1. The second kappa shape index (κ2) is 4.67. The van der Waals surface area contributed by atoms with Crippen molar-refractivity contribution >= 4 is 11.6 Å². The Hall–Kier alpha value is -1.01. The van der Waals surface area contributed by atoms with Crippen molar-refractivity contribution in [3.63, 3.8) is 0 Å². The number of hydrogen-bond acceptors (Lipinski definition) is 2. The van der Waals surface area contributed by atoms with Gasteiger partial charge in [-0.1, -0.05) is 29.7 Å². The van der Waals surface area contributed by atoms with Gasteiger partial charge in [0.15, 0.2) is 0 Å². The van der Waals surface area contributed by atoms with Crippen LogP contribution in [0, 0.1) is 12.3 Å². The van der Waals surface area contributed by atoms with E-state index < -0.39 is 0 Å². The Kier molecular flexibility index (Phi) is 3.27. The maximum Gasteiger partial charge on any atom is 0.112 e. The number of benzene rings is 1. The largest absolute Gasteiger partial charge is 0.366 e. The Bertz CT molecular complexity index is 366. The van der Waals surface area contributed by atoms with Gasteiger partial charge < -0.3 is 9.47 Å². The number of terminal acetylenes is 1. The molecular weight excluding hydrogens is 212 g/mol. The fourth-order valence-electron chi connectivity index (χ4n) is 1.45. The van der Waals surface area contributed by atoms with E-state index in [9.17, 15) is 0 Å². The van der Waals surface area contributed by atoms with Gasteiger partial charge in [-0.3, -0.25) is 0 Å². The summed E-state index contributed by atoms with van der Waals surface area (Å²) in [5.41, 5.74) is 1.13. The smallest absolute Gasteiger partial charge is 0.112 e. The van der Waals surface area contributed by atoms with Crippen LogP contribution in [0.5, 0.6) is 0 Å². The predicted octanol–water partition coefficient (Wildman–Crippen LogP) is 2.43. The van der Waals surface area contributed by atoms with E-state index in [-0.39, 0.29) is 12.2 Å². The molecule has 1 aliphatic rings. The average Bonchev–Trinajstić information content (AvgIpc) is 2.99. The molecule has 0 spiro atoms. The van der Waals surface area contributed by atoms with Gasteiger partial charge in [-0.2, -0.15) is 0 Å². The second-order valence-electron chi connectivity index (χ2n) is 3.37. The summed E-state index contributed by atoms with van der Waals surface area (Å²) in [6.45, 7) is 0.894. The highest BCUT2D eigenvalue weighted by Gasteiger charge is 2.40. The fraction of sp³-hybridized carbons (Fsp3) is 0.333. The third kappa shape index (κ3) is 2.73. The minimum Gasteiger partial charge on any atom is -0.366 e. The normalized spacial score (nSPS) is 23.5. The monoisotopic (exact) mass is 222 g/mol. The second-order valence-corrected chi connectivity index (χ2v) is 3.80. The molecule has 0 bridgehead atoms. The lowest BCUT2D eigenvalue weighted by Gasteiger charge is -1.97. The molecule has 1 aromatic rings. The van der Waals surface area contributed by atoms with Gasteiger partial charge in [-0.05, 0) is 17.7 Å². The van der Waals surface area contributed by atoms with E-state index in [1.54, 1.807) is 0 Å². The molecule has 2 nitrogen and oxygen atoms in total. The third-order valence-corrected chi connectivity index (χ3v) is 2.50. The molecule has 0 N–H and O–H groups in total. The number of rotatable bonds is 4. The van der Waals surface area contributed by atoms with Crippen molar-refractivity contribution in [1.29, 1.82) is 0 Å². The van der Waals surface area contributed by atoms with Crippen LogP contribution in [0.15, 0.2) is 24.3 Å². The first-order valence-corrected chi connectivity index (χ1v) is 5.11. The van der Waals surface area contributed by atoms with Crippen molar-refractivity contribution in [3.8, 4) is 12.3 Å². The van der Waals surface area contributed by atoms with Crippen molar-refractivity contribution in [2.45, 2.75) is 12.2 Å². The number of halogens is 1. The Labute approximate surface area is 94.1 Å². The van der Waals surface area contributed by atoms with Crippen LogP contribution in [-0.4, -0.2) is 19.3 Å². The van der Waals surface area contributed by atoms with Crippen LogP contribution in [0.3, 0.4) is 0 Å². The van der Waals surface area contributed by atoms with Crippen molar-refractivity contribution in [2.75, 3.05) is 13.2 Å². The topological polar surface area (TPSA) is 21.8 Å². The fourth-order valence-corrected chi connectivity index (χ4v) is 1.58. The van der Waals surface area contributed by atoms with Crippen LogP contribution in [0.25, 0.3) is 0 Å². The minimum atomic E-state index is 0.138. The third-order valence-electron chi connectivity index (χ3n) is 2.25. The van der Waals surface area contributed by atoms with Gasteiger partial charge in [0.2, 0.25) is 0 Å². The maximum atomic E-state index is 5.79. The van der Waals surface area contributed by atoms with Gasteiger partial charge in [0, 0.05) is 5.02 Å². The first-order chi connectivity index (χ1) is 7.31. The van der Waals surface area contributed by atoms with E-state index in [4.69, 9.17) is 27.5 Å². The minimum absolute atomic E-state index is 0.138. The molecular formula is C12H11ClO2. The summed E-state index contributed by atoms with van der Waals surface area (Å²) in [6, 6.07) is 7.65. The molecule has 1 aromatic carbocycles. The summed E-state index contributed by atoms with van der Waals surface area (Å²) in [6.07, 6.45) is 5.34. The Morgan fingerprint density at radius 2 is 2.13 bits per heavy atom.